The number of nitrogens with zero attached hydrogens (tertiary/aromatic N) is 3. The SMILES string of the molecule is CCCC[N+]1=C(/C=C/C2=C(Nc3ccc(NC(=O)CN4CCOCC4)cc3)C(=C/C=C3/N(CCCCS(=O)(=O)O)c4ccc(S(=O)(=O)O)cc4C3(C)C)/CCC2)C(C)(C)c2ccccc21. The van der Waals surface area contributed by atoms with Gasteiger partial charge >= 0.3 is 0 Å². The van der Waals surface area contributed by atoms with Gasteiger partial charge in [-0.1, -0.05) is 57.5 Å². The highest BCUT2D eigenvalue weighted by Crippen LogP contribution is 2.49. The second-order valence-electron chi connectivity index (χ2n) is 18.4. The van der Waals surface area contributed by atoms with Crippen molar-refractivity contribution in [2.24, 2.45) is 0 Å². The van der Waals surface area contributed by atoms with Crippen molar-refractivity contribution in [3.05, 3.63) is 125 Å². The van der Waals surface area contributed by atoms with Gasteiger partial charge in [-0.05, 0) is 111 Å². The predicted molar refractivity (Wildman–Crippen MR) is 259 cm³/mol. The molecule has 1 aliphatic carbocycles. The number of benzene rings is 3. The Kier molecular flexibility index (Phi) is 14.7. The minimum Gasteiger partial charge on any atom is -0.379 e. The fourth-order valence-corrected chi connectivity index (χ4v) is 10.6. The van der Waals surface area contributed by atoms with E-state index in [0.29, 0.717) is 38.4 Å². The minimum atomic E-state index is -4.47. The highest BCUT2D eigenvalue weighted by Gasteiger charge is 2.44. The molecular weight excluding hydrogens is 863 g/mol. The first-order valence-corrected chi connectivity index (χ1v) is 25.8. The molecule has 0 spiro atoms. The molecule has 0 atom stereocenters. The summed E-state index contributed by atoms with van der Waals surface area (Å²) < 4.78 is 75.0. The lowest BCUT2D eigenvalue weighted by Crippen LogP contribution is -2.41. The summed E-state index contributed by atoms with van der Waals surface area (Å²) in [6.07, 6.45) is 14.1. The van der Waals surface area contributed by atoms with Crippen molar-refractivity contribution in [3.8, 4) is 0 Å². The topological polar surface area (TPSA) is 169 Å². The Bertz CT molecular complexity index is 2660. The number of ether oxygens (including phenoxy) is 1. The summed E-state index contributed by atoms with van der Waals surface area (Å²) in [7, 11) is -8.61. The van der Waals surface area contributed by atoms with Crippen LogP contribution in [0.15, 0.2) is 118 Å². The molecule has 3 aromatic carbocycles. The number of hydrogen-bond acceptors (Lipinski definition) is 9. The Morgan fingerprint density at radius 2 is 1.57 bits per heavy atom. The Labute approximate surface area is 385 Å². The molecule has 3 heterocycles. The lowest BCUT2D eigenvalue weighted by Gasteiger charge is -2.28. The third-order valence-electron chi connectivity index (χ3n) is 13.1. The molecule has 3 aliphatic heterocycles. The van der Waals surface area contributed by atoms with Crippen molar-refractivity contribution < 1.29 is 40.0 Å². The number of allylic oxidation sites excluding steroid dienone is 7. The Morgan fingerprint density at radius 3 is 2.28 bits per heavy atom. The zero-order valence-electron chi connectivity index (χ0n) is 38.3. The van der Waals surface area contributed by atoms with Gasteiger partial charge in [-0.2, -0.15) is 21.4 Å². The molecule has 0 bridgehead atoms. The molecule has 0 radical (unpaired) electrons. The van der Waals surface area contributed by atoms with Crippen LogP contribution >= 0.6 is 0 Å². The molecule has 7 rings (SSSR count). The van der Waals surface area contributed by atoms with E-state index < -0.39 is 25.7 Å². The van der Waals surface area contributed by atoms with Crippen molar-refractivity contribution in [2.45, 2.75) is 95.3 Å². The fourth-order valence-electron chi connectivity index (χ4n) is 9.53. The smallest absolute Gasteiger partial charge is 0.294 e. The average molecular weight is 927 g/mol. The van der Waals surface area contributed by atoms with Crippen molar-refractivity contribution in [3.63, 3.8) is 0 Å². The van der Waals surface area contributed by atoms with Gasteiger partial charge in [0.05, 0.1) is 35.8 Å². The van der Waals surface area contributed by atoms with Crippen molar-refractivity contribution in [1.29, 1.82) is 0 Å². The summed E-state index contributed by atoms with van der Waals surface area (Å²) >= 11 is 0. The average Bonchev–Trinajstić information content (AvgIpc) is 3.61. The van der Waals surface area contributed by atoms with E-state index in [1.165, 1.54) is 29.1 Å². The fraction of sp³-hybridized carbons (Fsp3) is 0.440. The Morgan fingerprint density at radius 1 is 0.846 bits per heavy atom. The lowest BCUT2D eigenvalue weighted by molar-refractivity contribution is -0.438. The van der Waals surface area contributed by atoms with E-state index in [1.807, 2.05) is 38.1 Å². The van der Waals surface area contributed by atoms with Crippen LogP contribution in [0.2, 0.25) is 0 Å². The van der Waals surface area contributed by atoms with Gasteiger partial charge in [-0.15, -0.1) is 0 Å². The molecule has 13 nitrogen and oxygen atoms in total. The maximum absolute atomic E-state index is 12.9. The molecule has 4 aliphatic rings. The van der Waals surface area contributed by atoms with Gasteiger partial charge in [-0.3, -0.25) is 18.8 Å². The van der Waals surface area contributed by atoms with Gasteiger partial charge < -0.3 is 20.3 Å². The summed E-state index contributed by atoms with van der Waals surface area (Å²) in [5.74, 6) is -0.437. The summed E-state index contributed by atoms with van der Waals surface area (Å²) in [6.45, 7) is 15.2. The molecule has 1 amide bonds. The van der Waals surface area contributed by atoms with Crippen molar-refractivity contribution in [2.75, 3.05) is 67.2 Å². The van der Waals surface area contributed by atoms with Gasteiger partial charge in [-0.25, -0.2) is 0 Å². The first-order valence-electron chi connectivity index (χ1n) is 22.8. The summed E-state index contributed by atoms with van der Waals surface area (Å²) in [5.41, 5.74) is 10.0. The van der Waals surface area contributed by atoms with Crippen LogP contribution in [0.1, 0.15) is 90.7 Å². The third-order valence-corrected chi connectivity index (χ3v) is 14.7. The zero-order chi connectivity index (χ0) is 46.6. The largest absolute Gasteiger partial charge is 0.379 e. The lowest BCUT2D eigenvalue weighted by atomic mass is 9.81. The number of fused-ring (bicyclic) bond motifs is 2. The summed E-state index contributed by atoms with van der Waals surface area (Å²) in [5, 5.41) is 6.81. The second kappa shape index (κ2) is 19.9. The number of para-hydroxylation sites is 1. The molecule has 4 N–H and O–H groups in total. The van der Waals surface area contributed by atoms with Crippen LogP contribution in [0.4, 0.5) is 22.7 Å². The number of carbonyl (C=O) groups is 1. The van der Waals surface area contributed by atoms with Gasteiger partial charge in [0.1, 0.15) is 6.54 Å². The number of nitrogens with one attached hydrogen (secondary N) is 2. The Hall–Kier alpha value is -4.90. The molecule has 0 saturated carbocycles. The second-order valence-corrected chi connectivity index (χ2v) is 21.4. The van der Waals surface area contributed by atoms with E-state index >= 15 is 0 Å². The first kappa shape index (κ1) is 48.0. The zero-order valence-corrected chi connectivity index (χ0v) is 39.9. The molecule has 3 aromatic rings. The van der Waals surface area contributed by atoms with Gasteiger partial charge in [0.15, 0.2) is 5.71 Å². The van der Waals surface area contributed by atoms with Crippen LogP contribution in [0.3, 0.4) is 0 Å². The number of rotatable bonds is 17. The monoisotopic (exact) mass is 926 g/mol. The van der Waals surface area contributed by atoms with E-state index in [1.54, 1.807) is 6.07 Å². The molecule has 348 valence electrons. The summed E-state index contributed by atoms with van der Waals surface area (Å²) in [6, 6.07) is 21.0. The number of carbonyl (C=O) groups excluding carboxylic acids is 1. The molecular formula is C50H64N5O8S2+. The molecule has 0 unspecified atom stereocenters. The van der Waals surface area contributed by atoms with E-state index in [9.17, 15) is 30.7 Å². The predicted octanol–water partition coefficient (Wildman–Crippen LogP) is 8.76. The molecule has 65 heavy (non-hydrogen) atoms. The quantitative estimate of drug-likeness (QED) is 0.0581. The van der Waals surface area contributed by atoms with E-state index in [2.05, 4.69) is 94.3 Å². The molecule has 15 heteroatoms. The van der Waals surface area contributed by atoms with Crippen molar-refractivity contribution in [1.82, 2.24) is 4.90 Å². The normalized spacial score (nSPS) is 20.0. The van der Waals surface area contributed by atoms with Crippen molar-refractivity contribution >= 4 is 54.6 Å². The van der Waals surface area contributed by atoms with Crippen LogP contribution in [-0.2, 0) is 40.6 Å². The standard InChI is InChI=1S/C50H63N5O8S2/c1-6-7-27-54-43-16-9-8-15-41(43)49(2,3)45(54)25-17-36-13-12-14-37(48(36)52-39-21-19-38(20-22-39)51-47(56)35-53-29-31-63-32-30-53)18-26-46-50(4,5)42-34-40(65(60,61)62)23-24-44(42)55(46)28-10-11-33-64(57,58)59/h8-9,15-26,34H,6-7,10-14,27-33,35H2,1-5H3,(H3,51,56,57,58,59,60,61,62)/p+1/b37-18+,46-26+. The first-order chi connectivity index (χ1) is 30.9. The number of morpholine rings is 1. The van der Waals surface area contributed by atoms with Gasteiger partial charge in [0.2, 0.25) is 11.6 Å². The van der Waals surface area contributed by atoms with Crippen LogP contribution < -0.4 is 15.5 Å². The van der Waals surface area contributed by atoms with Crippen LogP contribution in [0.5, 0.6) is 0 Å². The number of anilines is 3. The third kappa shape index (κ3) is 11.2. The number of unbranched alkanes of at least 4 members (excludes halogenated alkanes) is 2. The highest BCUT2D eigenvalue weighted by molar-refractivity contribution is 7.86. The Balaban J connectivity index is 1.27. The van der Waals surface area contributed by atoms with E-state index in [4.69, 9.17) is 4.74 Å². The van der Waals surface area contributed by atoms with Crippen LogP contribution in [-0.4, -0.2) is 98.7 Å². The molecule has 1 saturated heterocycles. The van der Waals surface area contributed by atoms with E-state index in [0.717, 1.165) is 91.2 Å². The maximum Gasteiger partial charge on any atom is 0.294 e. The van der Waals surface area contributed by atoms with Gasteiger partial charge in [0, 0.05) is 77.6 Å². The molecule has 0 aromatic heterocycles. The van der Waals surface area contributed by atoms with Crippen LogP contribution in [0, 0.1) is 0 Å². The van der Waals surface area contributed by atoms with Crippen LogP contribution in [0.25, 0.3) is 0 Å². The summed E-state index contributed by atoms with van der Waals surface area (Å²) in [4.78, 5) is 16.9. The highest BCUT2D eigenvalue weighted by atomic mass is 32.2. The number of hydrogen-bond donors (Lipinski definition) is 4. The maximum atomic E-state index is 12.9. The van der Waals surface area contributed by atoms with E-state index in [-0.39, 0.29) is 28.4 Å². The number of amides is 1. The van der Waals surface area contributed by atoms with Gasteiger partial charge in [0.25, 0.3) is 20.2 Å². The molecule has 1 fully saturated rings. The minimum absolute atomic E-state index is 0.0746.